The Hall–Kier alpha value is -1.26. The van der Waals surface area contributed by atoms with E-state index in [2.05, 4.69) is 13.8 Å². The van der Waals surface area contributed by atoms with E-state index in [0.29, 0.717) is 13.2 Å². The summed E-state index contributed by atoms with van der Waals surface area (Å²) in [7, 11) is 0.0387. The van der Waals surface area contributed by atoms with Gasteiger partial charge in [0.15, 0.2) is 5.52 Å². The van der Waals surface area contributed by atoms with E-state index in [9.17, 15) is 4.79 Å². The summed E-state index contributed by atoms with van der Waals surface area (Å²) in [6.07, 6.45) is 6.72. The van der Waals surface area contributed by atoms with Gasteiger partial charge in [0.1, 0.15) is 11.5 Å². The Bertz CT molecular complexity index is 772. The predicted octanol–water partition coefficient (Wildman–Crippen LogP) is 5.94. The van der Waals surface area contributed by atoms with Gasteiger partial charge in [-0.05, 0) is 58.5 Å². The minimum atomic E-state index is 0. The Kier molecular flexibility index (Phi) is 13.1. The van der Waals surface area contributed by atoms with Crippen molar-refractivity contribution in [1.82, 2.24) is 0 Å². The maximum atomic E-state index is 13.0. The summed E-state index contributed by atoms with van der Waals surface area (Å²) in [6.45, 7) is 9.75. The summed E-state index contributed by atoms with van der Waals surface area (Å²) in [5.74, 6) is 1.60. The van der Waals surface area contributed by atoms with Crippen molar-refractivity contribution in [2.75, 3.05) is 13.2 Å². The topological polar surface area (TPSA) is 35.5 Å². The Labute approximate surface area is 196 Å². The van der Waals surface area contributed by atoms with Gasteiger partial charge in [0.2, 0.25) is 0 Å². The average molecular weight is 422 g/mol. The molecule has 0 fully saturated rings. The van der Waals surface area contributed by atoms with Crippen LogP contribution in [-0.4, -0.2) is 37.6 Å². The molecule has 0 bridgehead atoms. The van der Waals surface area contributed by atoms with Crippen molar-refractivity contribution < 1.29 is 14.3 Å². The van der Waals surface area contributed by atoms with Crippen molar-refractivity contribution in [3.63, 3.8) is 0 Å². The molecular formula is C25H36LiO3P. The Morgan fingerprint density at radius 2 is 1.47 bits per heavy atom. The first-order valence-corrected chi connectivity index (χ1v) is 11.8. The number of ether oxygens (including phenoxy) is 2. The molecule has 0 aliphatic heterocycles. The van der Waals surface area contributed by atoms with Crippen molar-refractivity contribution in [2.24, 2.45) is 0 Å². The van der Waals surface area contributed by atoms with Gasteiger partial charge in [-0.2, -0.15) is 0 Å². The number of carbonyl (C=O) groups excluding carboxylic acids is 1. The quantitative estimate of drug-likeness (QED) is 0.228. The molecule has 0 spiro atoms. The predicted molar refractivity (Wildman–Crippen MR) is 132 cm³/mol. The SMILES string of the molecule is CCCCCOc1ccc(PC(=O)c2c(C)cccc2C)c(OCCCCC)c1.[LiH]. The normalized spacial score (nSPS) is 10.8. The average Bonchev–Trinajstić information content (AvgIpc) is 2.70. The van der Waals surface area contributed by atoms with E-state index < -0.39 is 0 Å². The van der Waals surface area contributed by atoms with Crippen LogP contribution < -0.4 is 14.8 Å². The van der Waals surface area contributed by atoms with Crippen molar-refractivity contribution in [2.45, 2.75) is 66.2 Å². The van der Waals surface area contributed by atoms with Crippen molar-refractivity contribution in [1.29, 1.82) is 0 Å². The van der Waals surface area contributed by atoms with Crippen LogP contribution in [0.2, 0.25) is 0 Å². The molecule has 1 atom stereocenters. The first-order chi connectivity index (χ1) is 14.1. The summed E-state index contributed by atoms with van der Waals surface area (Å²) in [6, 6.07) is 11.9. The van der Waals surface area contributed by atoms with Crippen LogP contribution in [0.1, 0.15) is 73.9 Å². The molecule has 3 nitrogen and oxygen atoms in total. The van der Waals surface area contributed by atoms with Gasteiger partial charge in [0, 0.05) is 16.9 Å². The number of hydrogen-bond acceptors (Lipinski definition) is 3. The molecule has 2 rings (SSSR count). The molecule has 1 unspecified atom stereocenters. The van der Waals surface area contributed by atoms with E-state index in [1.165, 1.54) is 12.8 Å². The van der Waals surface area contributed by atoms with Gasteiger partial charge >= 0.3 is 18.9 Å². The van der Waals surface area contributed by atoms with Crippen LogP contribution in [0.3, 0.4) is 0 Å². The number of carbonyl (C=O) groups is 1. The van der Waals surface area contributed by atoms with E-state index in [-0.39, 0.29) is 33.0 Å². The van der Waals surface area contributed by atoms with Gasteiger partial charge in [-0.25, -0.2) is 0 Å². The Balaban J connectivity index is 0.00000450. The van der Waals surface area contributed by atoms with Crippen molar-refractivity contribution in [3.05, 3.63) is 53.1 Å². The van der Waals surface area contributed by atoms with Gasteiger partial charge in [0.05, 0.1) is 13.2 Å². The minimum absolute atomic E-state index is 0. The molecule has 0 saturated heterocycles. The van der Waals surface area contributed by atoms with E-state index in [1.807, 2.05) is 50.2 Å². The number of rotatable bonds is 13. The molecule has 0 saturated carbocycles. The molecule has 160 valence electrons. The fourth-order valence-electron chi connectivity index (χ4n) is 3.25. The zero-order valence-electron chi connectivity index (χ0n) is 18.3. The first kappa shape index (κ1) is 26.8. The Morgan fingerprint density at radius 3 is 2.07 bits per heavy atom. The molecule has 5 heteroatoms. The molecule has 2 aromatic rings. The van der Waals surface area contributed by atoms with Crippen LogP contribution in [0.4, 0.5) is 0 Å². The van der Waals surface area contributed by atoms with Crippen LogP contribution in [0.25, 0.3) is 0 Å². The zero-order valence-corrected chi connectivity index (χ0v) is 19.3. The molecular weight excluding hydrogens is 386 g/mol. The molecule has 0 radical (unpaired) electrons. The monoisotopic (exact) mass is 422 g/mol. The fourth-order valence-corrected chi connectivity index (χ4v) is 4.45. The second-order valence-corrected chi connectivity index (χ2v) is 8.73. The molecule has 30 heavy (non-hydrogen) atoms. The van der Waals surface area contributed by atoms with Crippen LogP contribution in [0.15, 0.2) is 36.4 Å². The zero-order chi connectivity index (χ0) is 21.1. The number of aryl methyl sites for hydroxylation is 2. The third-order valence-corrected chi connectivity index (χ3v) is 6.09. The molecule has 0 aliphatic carbocycles. The molecule has 0 aliphatic rings. The van der Waals surface area contributed by atoms with E-state index >= 15 is 0 Å². The number of benzene rings is 2. The molecule has 0 aromatic heterocycles. The molecule has 0 heterocycles. The summed E-state index contributed by atoms with van der Waals surface area (Å²) >= 11 is 0. The number of hydrogen-bond donors (Lipinski definition) is 0. The summed E-state index contributed by atoms with van der Waals surface area (Å²) < 4.78 is 12.0. The van der Waals surface area contributed by atoms with Crippen molar-refractivity contribution in [3.8, 4) is 11.5 Å². The second kappa shape index (κ2) is 14.7. The summed E-state index contributed by atoms with van der Waals surface area (Å²) in [5.41, 5.74) is 3.06. The van der Waals surface area contributed by atoms with Gasteiger partial charge in [0.25, 0.3) is 0 Å². The first-order valence-electron chi connectivity index (χ1n) is 10.8. The van der Waals surface area contributed by atoms with Crippen LogP contribution >= 0.6 is 8.58 Å². The third kappa shape index (κ3) is 8.47. The molecule has 0 N–H and O–H groups in total. The van der Waals surface area contributed by atoms with E-state index in [4.69, 9.17) is 9.47 Å². The van der Waals surface area contributed by atoms with Gasteiger partial charge in [-0.1, -0.05) is 57.7 Å². The fraction of sp³-hybridized carbons (Fsp3) is 0.480. The number of unbranched alkanes of at least 4 members (excludes halogenated alkanes) is 4. The van der Waals surface area contributed by atoms with Crippen LogP contribution in [-0.2, 0) is 0 Å². The van der Waals surface area contributed by atoms with Gasteiger partial charge in [-0.3, -0.25) is 4.79 Å². The molecule has 0 amide bonds. The summed E-state index contributed by atoms with van der Waals surface area (Å²) in [5, 5.41) is 0.954. The van der Waals surface area contributed by atoms with Gasteiger partial charge < -0.3 is 9.47 Å². The van der Waals surface area contributed by atoms with E-state index in [0.717, 1.165) is 59.2 Å². The van der Waals surface area contributed by atoms with Crippen LogP contribution in [0.5, 0.6) is 11.5 Å². The maximum absolute atomic E-state index is 13.0. The second-order valence-electron chi connectivity index (χ2n) is 7.49. The Morgan fingerprint density at radius 1 is 0.867 bits per heavy atom. The molecule has 2 aromatic carbocycles. The van der Waals surface area contributed by atoms with Crippen molar-refractivity contribution >= 4 is 38.3 Å². The third-order valence-electron chi connectivity index (χ3n) is 4.93. The standard InChI is InChI=1S/C25H35O3P.Li.H/c1-5-7-9-16-27-21-14-15-23(22(18-21)28-17-10-8-6-2)29-25(26)24-19(3)12-11-13-20(24)4;;/h11-15,18,29H,5-10,16-17H2,1-4H3;;. The summed E-state index contributed by atoms with van der Waals surface area (Å²) in [4.78, 5) is 13.0. The van der Waals surface area contributed by atoms with Crippen LogP contribution in [0, 0.1) is 13.8 Å². The van der Waals surface area contributed by atoms with E-state index in [1.54, 1.807) is 0 Å². The van der Waals surface area contributed by atoms with Gasteiger partial charge in [-0.15, -0.1) is 0 Å².